The van der Waals surface area contributed by atoms with Gasteiger partial charge in [-0.1, -0.05) is 39.7 Å². The van der Waals surface area contributed by atoms with Gasteiger partial charge >= 0.3 is 0 Å². The number of halogens is 2. The van der Waals surface area contributed by atoms with Crippen molar-refractivity contribution >= 4 is 27.5 Å². The number of rotatable bonds is 3. The highest BCUT2D eigenvalue weighted by Gasteiger charge is 2.19. The minimum absolute atomic E-state index is 0.141. The van der Waals surface area contributed by atoms with E-state index >= 15 is 0 Å². The summed E-state index contributed by atoms with van der Waals surface area (Å²) in [4.78, 5) is 0. The summed E-state index contributed by atoms with van der Waals surface area (Å²) in [5, 5.41) is 1.41. The largest absolute Gasteiger partial charge is 0.486 e. The van der Waals surface area contributed by atoms with Crippen LogP contribution in [0.2, 0.25) is 5.02 Å². The van der Waals surface area contributed by atoms with Crippen LogP contribution in [0.4, 0.5) is 0 Å². The standard InChI is InChI=1S/C11H12BrClO2/c12-6-8-2-1-3-10(13)11(8)15-9-4-5-14-7-9/h1-3,9H,4-7H2. The first-order valence-electron chi connectivity index (χ1n) is 4.89. The Kier molecular flexibility index (Phi) is 3.89. The second-order valence-corrected chi connectivity index (χ2v) is 4.43. The predicted octanol–water partition coefficient (Wildman–Crippen LogP) is 3.40. The van der Waals surface area contributed by atoms with E-state index in [4.69, 9.17) is 21.1 Å². The van der Waals surface area contributed by atoms with Crippen LogP contribution in [0.3, 0.4) is 0 Å². The molecule has 1 fully saturated rings. The molecule has 0 aromatic heterocycles. The molecule has 0 amide bonds. The Balaban J connectivity index is 2.17. The first-order chi connectivity index (χ1) is 7.31. The minimum atomic E-state index is 0.141. The summed E-state index contributed by atoms with van der Waals surface area (Å²) in [5.74, 6) is 0.784. The zero-order valence-corrected chi connectivity index (χ0v) is 10.6. The van der Waals surface area contributed by atoms with Crippen molar-refractivity contribution in [3.05, 3.63) is 28.8 Å². The zero-order chi connectivity index (χ0) is 10.7. The molecular weight excluding hydrogens is 279 g/mol. The molecule has 1 unspecified atom stereocenters. The van der Waals surface area contributed by atoms with E-state index < -0.39 is 0 Å². The van der Waals surface area contributed by atoms with Gasteiger partial charge in [-0.3, -0.25) is 0 Å². The first-order valence-corrected chi connectivity index (χ1v) is 6.39. The Morgan fingerprint density at radius 3 is 3.07 bits per heavy atom. The van der Waals surface area contributed by atoms with Crippen LogP contribution in [0.5, 0.6) is 5.75 Å². The predicted molar refractivity (Wildman–Crippen MR) is 63.9 cm³/mol. The number of hydrogen-bond acceptors (Lipinski definition) is 2. The average molecular weight is 292 g/mol. The summed E-state index contributed by atoms with van der Waals surface area (Å²) in [6, 6.07) is 5.78. The molecule has 1 aromatic carbocycles. The minimum Gasteiger partial charge on any atom is -0.486 e. The zero-order valence-electron chi connectivity index (χ0n) is 8.21. The van der Waals surface area contributed by atoms with Gasteiger partial charge in [0.1, 0.15) is 11.9 Å². The van der Waals surface area contributed by atoms with Gasteiger partial charge in [0.05, 0.1) is 18.2 Å². The van der Waals surface area contributed by atoms with Crippen molar-refractivity contribution in [3.63, 3.8) is 0 Å². The second-order valence-electron chi connectivity index (χ2n) is 3.47. The number of benzene rings is 1. The molecular formula is C11H12BrClO2. The quantitative estimate of drug-likeness (QED) is 0.795. The molecule has 1 heterocycles. The van der Waals surface area contributed by atoms with Gasteiger partial charge in [0.15, 0.2) is 0 Å². The van der Waals surface area contributed by atoms with Gasteiger partial charge in [-0.15, -0.1) is 0 Å². The third-order valence-electron chi connectivity index (χ3n) is 2.36. The first kappa shape index (κ1) is 11.2. The van der Waals surface area contributed by atoms with Crippen LogP contribution in [-0.2, 0) is 10.1 Å². The van der Waals surface area contributed by atoms with Crippen LogP contribution in [-0.4, -0.2) is 19.3 Å². The van der Waals surface area contributed by atoms with Crippen LogP contribution in [0.1, 0.15) is 12.0 Å². The van der Waals surface area contributed by atoms with E-state index in [1.807, 2.05) is 18.2 Å². The fraction of sp³-hybridized carbons (Fsp3) is 0.455. The monoisotopic (exact) mass is 290 g/mol. The molecule has 1 aromatic rings. The lowest BCUT2D eigenvalue weighted by Gasteiger charge is -2.15. The number of alkyl halides is 1. The van der Waals surface area contributed by atoms with E-state index in [9.17, 15) is 0 Å². The molecule has 1 aliphatic rings. The lowest BCUT2D eigenvalue weighted by atomic mass is 10.2. The average Bonchev–Trinajstić information content (AvgIpc) is 2.74. The summed E-state index contributed by atoms with van der Waals surface area (Å²) in [6.45, 7) is 1.44. The summed E-state index contributed by atoms with van der Waals surface area (Å²) >= 11 is 9.52. The third kappa shape index (κ3) is 2.65. The lowest BCUT2D eigenvalue weighted by molar-refractivity contribution is 0.141. The van der Waals surface area contributed by atoms with Gasteiger partial charge in [-0.2, -0.15) is 0 Å². The van der Waals surface area contributed by atoms with E-state index in [-0.39, 0.29) is 6.10 Å². The molecule has 1 saturated heterocycles. The lowest BCUT2D eigenvalue weighted by Crippen LogP contribution is -2.16. The van der Waals surface area contributed by atoms with Crippen molar-refractivity contribution in [3.8, 4) is 5.75 Å². The number of hydrogen-bond donors (Lipinski definition) is 0. The van der Waals surface area contributed by atoms with Crippen LogP contribution in [0, 0.1) is 0 Å². The molecule has 2 nitrogen and oxygen atoms in total. The van der Waals surface area contributed by atoms with Gasteiger partial charge in [-0.25, -0.2) is 0 Å². The Morgan fingerprint density at radius 2 is 2.40 bits per heavy atom. The third-order valence-corrected chi connectivity index (χ3v) is 3.27. The second kappa shape index (κ2) is 5.19. The molecule has 0 saturated carbocycles. The fourth-order valence-electron chi connectivity index (χ4n) is 1.56. The summed E-state index contributed by atoms with van der Waals surface area (Å²) < 4.78 is 11.1. The molecule has 4 heteroatoms. The number of ether oxygens (including phenoxy) is 2. The van der Waals surface area contributed by atoms with E-state index in [0.29, 0.717) is 11.6 Å². The Labute approximate surface area is 103 Å². The van der Waals surface area contributed by atoms with Gasteiger partial charge in [0, 0.05) is 17.3 Å². The highest BCUT2D eigenvalue weighted by Crippen LogP contribution is 2.31. The molecule has 82 valence electrons. The molecule has 1 aliphatic heterocycles. The molecule has 0 bridgehead atoms. The summed E-state index contributed by atoms with van der Waals surface area (Å²) in [7, 11) is 0. The van der Waals surface area contributed by atoms with E-state index in [1.165, 1.54) is 0 Å². The maximum atomic E-state index is 6.10. The fourth-order valence-corrected chi connectivity index (χ4v) is 2.24. The van der Waals surface area contributed by atoms with Crippen LogP contribution in [0.15, 0.2) is 18.2 Å². The molecule has 0 aliphatic carbocycles. The Hall–Kier alpha value is -0.250. The topological polar surface area (TPSA) is 18.5 Å². The summed E-state index contributed by atoms with van der Waals surface area (Å²) in [6.07, 6.45) is 1.08. The highest BCUT2D eigenvalue weighted by molar-refractivity contribution is 9.08. The SMILES string of the molecule is Clc1cccc(CBr)c1OC1CCOC1. The van der Waals surface area contributed by atoms with Crippen molar-refractivity contribution in [2.24, 2.45) is 0 Å². The Bertz CT molecular complexity index is 337. The van der Waals surface area contributed by atoms with Gasteiger partial charge < -0.3 is 9.47 Å². The van der Waals surface area contributed by atoms with Crippen molar-refractivity contribution in [2.75, 3.05) is 13.2 Å². The van der Waals surface area contributed by atoms with Crippen LogP contribution in [0.25, 0.3) is 0 Å². The molecule has 0 radical (unpaired) electrons. The van der Waals surface area contributed by atoms with Crippen molar-refractivity contribution < 1.29 is 9.47 Å². The van der Waals surface area contributed by atoms with Crippen LogP contribution >= 0.6 is 27.5 Å². The van der Waals surface area contributed by atoms with Gasteiger partial charge in [0.25, 0.3) is 0 Å². The molecule has 0 spiro atoms. The normalized spacial score (nSPS) is 20.5. The Morgan fingerprint density at radius 1 is 1.53 bits per heavy atom. The van der Waals surface area contributed by atoms with E-state index in [2.05, 4.69) is 15.9 Å². The molecule has 15 heavy (non-hydrogen) atoms. The maximum Gasteiger partial charge on any atom is 0.142 e. The van der Waals surface area contributed by atoms with E-state index in [1.54, 1.807) is 0 Å². The van der Waals surface area contributed by atoms with Crippen LogP contribution < -0.4 is 4.74 Å². The van der Waals surface area contributed by atoms with Gasteiger partial charge in [-0.05, 0) is 6.07 Å². The molecule has 2 rings (SSSR count). The highest BCUT2D eigenvalue weighted by atomic mass is 79.9. The van der Waals surface area contributed by atoms with Crippen molar-refractivity contribution in [1.29, 1.82) is 0 Å². The molecule has 1 atom stereocenters. The van der Waals surface area contributed by atoms with Gasteiger partial charge in [0.2, 0.25) is 0 Å². The smallest absolute Gasteiger partial charge is 0.142 e. The van der Waals surface area contributed by atoms with Crippen molar-refractivity contribution in [2.45, 2.75) is 17.9 Å². The molecule has 0 N–H and O–H groups in total. The van der Waals surface area contributed by atoms with E-state index in [0.717, 1.165) is 29.7 Å². The number of para-hydroxylation sites is 1. The summed E-state index contributed by atoms with van der Waals surface area (Å²) in [5.41, 5.74) is 1.08. The maximum absolute atomic E-state index is 6.10. The van der Waals surface area contributed by atoms with Crippen molar-refractivity contribution in [1.82, 2.24) is 0 Å².